The first-order chi connectivity index (χ1) is 15.0. The molecular formula is C24H34BNO5S. The van der Waals surface area contributed by atoms with Crippen molar-refractivity contribution in [2.45, 2.75) is 70.1 Å². The van der Waals surface area contributed by atoms with Crippen LogP contribution in [0.1, 0.15) is 53.0 Å². The van der Waals surface area contributed by atoms with E-state index in [-0.39, 0.29) is 4.90 Å². The van der Waals surface area contributed by atoms with Crippen LogP contribution in [-0.2, 0) is 25.9 Å². The van der Waals surface area contributed by atoms with E-state index in [1.165, 1.54) is 0 Å². The number of ether oxygens (including phenoxy) is 1. The third kappa shape index (κ3) is 5.20. The van der Waals surface area contributed by atoms with Crippen LogP contribution in [0.5, 0.6) is 5.75 Å². The van der Waals surface area contributed by atoms with Crippen LogP contribution in [0.3, 0.4) is 0 Å². The molecule has 0 amide bonds. The summed E-state index contributed by atoms with van der Waals surface area (Å²) in [6.07, 6.45) is 1.71. The molecule has 1 aliphatic heterocycles. The molecule has 0 saturated carbocycles. The van der Waals surface area contributed by atoms with Crippen LogP contribution in [0.15, 0.2) is 53.4 Å². The van der Waals surface area contributed by atoms with Crippen molar-refractivity contribution in [3.8, 4) is 5.75 Å². The zero-order valence-corrected chi connectivity index (χ0v) is 20.7. The van der Waals surface area contributed by atoms with E-state index >= 15 is 0 Å². The fraction of sp³-hybridized carbons (Fsp3) is 0.500. The zero-order valence-electron chi connectivity index (χ0n) is 19.9. The van der Waals surface area contributed by atoms with E-state index in [9.17, 15) is 8.42 Å². The van der Waals surface area contributed by atoms with Crippen LogP contribution in [0.4, 0.5) is 0 Å². The van der Waals surface area contributed by atoms with Gasteiger partial charge in [-0.25, -0.2) is 8.42 Å². The van der Waals surface area contributed by atoms with Gasteiger partial charge in [-0.15, -0.1) is 0 Å². The molecule has 3 rings (SSSR count). The van der Waals surface area contributed by atoms with E-state index in [1.54, 1.807) is 35.7 Å². The van der Waals surface area contributed by atoms with Gasteiger partial charge >= 0.3 is 7.12 Å². The fourth-order valence-corrected chi connectivity index (χ4v) is 4.95. The molecule has 1 heterocycles. The van der Waals surface area contributed by atoms with Gasteiger partial charge in [0.15, 0.2) is 0 Å². The Balaban J connectivity index is 1.81. The molecule has 0 unspecified atom stereocenters. The van der Waals surface area contributed by atoms with E-state index in [0.717, 1.165) is 29.6 Å². The number of hydrogen-bond acceptors (Lipinski definition) is 5. The minimum atomic E-state index is -3.65. The topological polar surface area (TPSA) is 65.1 Å². The van der Waals surface area contributed by atoms with Gasteiger partial charge in [0.05, 0.1) is 23.2 Å². The lowest BCUT2D eigenvalue weighted by atomic mass is 9.79. The molecule has 32 heavy (non-hydrogen) atoms. The van der Waals surface area contributed by atoms with E-state index < -0.39 is 28.3 Å². The maximum atomic E-state index is 13.4. The Labute approximate surface area is 193 Å². The van der Waals surface area contributed by atoms with Crippen LogP contribution < -0.4 is 10.2 Å². The van der Waals surface area contributed by atoms with Gasteiger partial charge in [0.1, 0.15) is 5.75 Å². The van der Waals surface area contributed by atoms with E-state index in [0.29, 0.717) is 13.1 Å². The summed E-state index contributed by atoms with van der Waals surface area (Å²) in [5, 5.41) is 0. The number of unbranched alkanes of at least 4 members (excludes halogenated alkanes) is 1. The second-order valence-corrected chi connectivity index (χ2v) is 11.1. The largest absolute Gasteiger partial charge is 0.497 e. The summed E-state index contributed by atoms with van der Waals surface area (Å²) < 4.78 is 45.8. The molecule has 6 nitrogen and oxygen atoms in total. The Kier molecular flexibility index (Phi) is 7.39. The number of hydrogen-bond donors (Lipinski definition) is 0. The molecule has 174 valence electrons. The predicted octanol–water partition coefficient (Wildman–Crippen LogP) is 3.99. The first-order valence-corrected chi connectivity index (χ1v) is 12.5. The van der Waals surface area contributed by atoms with Crippen molar-refractivity contribution >= 4 is 22.6 Å². The van der Waals surface area contributed by atoms with Crippen molar-refractivity contribution in [1.82, 2.24) is 4.31 Å². The van der Waals surface area contributed by atoms with E-state index in [4.69, 9.17) is 14.0 Å². The van der Waals surface area contributed by atoms with Crippen LogP contribution >= 0.6 is 0 Å². The van der Waals surface area contributed by atoms with Crippen molar-refractivity contribution in [3.63, 3.8) is 0 Å². The molecule has 0 atom stereocenters. The quantitative estimate of drug-likeness (QED) is 0.531. The first-order valence-electron chi connectivity index (χ1n) is 11.1. The third-order valence-electron chi connectivity index (χ3n) is 6.32. The summed E-state index contributed by atoms with van der Waals surface area (Å²) in [7, 11) is -2.56. The normalized spacial score (nSPS) is 17.7. The highest BCUT2D eigenvalue weighted by molar-refractivity contribution is 7.89. The lowest BCUT2D eigenvalue weighted by Crippen LogP contribution is -2.41. The van der Waals surface area contributed by atoms with Crippen LogP contribution in [0.25, 0.3) is 0 Å². The van der Waals surface area contributed by atoms with Gasteiger partial charge in [0.2, 0.25) is 10.0 Å². The SMILES string of the molecule is CCCCN(Cc1ccc(OC)cc1)S(=O)(=O)c1ccc(B2OC(C)(C)C(C)(C)O2)cc1. The second-order valence-electron chi connectivity index (χ2n) is 9.20. The number of rotatable bonds is 9. The monoisotopic (exact) mass is 459 g/mol. The summed E-state index contributed by atoms with van der Waals surface area (Å²) in [4.78, 5) is 0.266. The maximum Gasteiger partial charge on any atom is 0.494 e. The first kappa shape index (κ1) is 24.8. The molecule has 1 aliphatic rings. The average Bonchev–Trinajstić information content (AvgIpc) is 2.98. The molecule has 2 aromatic rings. The zero-order chi connectivity index (χ0) is 23.6. The number of benzene rings is 2. The molecule has 0 bridgehead atoms. The Bertz CT molecular complexity index is 988. The molecule has 1 fully saturated rings. The van der Waals surface area contributed by atoms with Crippen molar-refractivity contribution in [1.29, 1.82) is 0 Å². The Morgan fingerprint density at radius 2 is 1.50 bits per heavy atom. The third-order valence-corrected chi connectivity index (χ3v) is 8.18. The minimum absolute atomic E-state index is 0.266. The van der Waals surface area contributed by atoms with E-state index in [1.807, 2.05) is 52.0 Å². The molecule has 0 radical (unpaired) electrons. The van der Waals surface area contributed by atoms with Crippen LogP contribution in [-0.4, -0.2) is 44.7 Å². The Hall–Kier alpha value is -1.87. The molecule has 0 spiro atoms. The lowest BCUT2D eigenvalue weighted by molar-refractivity contribution is 0.00578. The van der Waals surface area contributed by atoms with Gasteiger partial charge in [-0.2, -0.15) is 4.31 Å². The summed E-state index contributed by atoms with van der Waals surface area (Å²) in [5.74, 6) is 0.745. The summed E-state index contributed by atoms with van der Waals surface area (Å²) >= 11 is 0. The molecule has 0 N–H and O–H groups in total. The molecule has 0 aliphatic carbocycles. The van der Waals surface area contributed by atoms with Gasteiger partial charge in [-0.05, 0) is 69.4 Å². The van der Waals surface area contributed by atoms with Gasteiger partial charge < -0.3 is 14.0 Å². The van der Waals surface area contributed by atoms with Gasteiger partial charge in [0, 0.05) is 13.1 Å². The van der Waals surface area contributed by atoms with Crippen LogP contribution in [0, 0.1) is 0 Å². The minimum Gasteiger partial charge on any atom is -0.497 e. The summed E-state index contributed by atoms with van der Waals surface area (Å²) in [5.41, 5.74) is 0.826. The molecule has 0 aromatic heterocycles. The lowest BCUT2D eigenvalue weighted by Gasteiger charge is -2.32. The Morgan fingerprint density at radius 1 is 0.938 bits per heavy atom. The number of methoxy groups -OCH3 is 1. The molecule has 8 heteroatoms. The maximum absolute atomic E-state index is 13.4. The smallest absolute Gasteiger partial charge is 0.494 e. The van der Waals surface area contributed by atoms with Crippen molar-refractivity contribution in [2.24, 2.45) is 0 Å². The number of sulfonamides is 1. The van der Waals surface area contributed by atoms with Gasteiger partial charge in [0.25, 0.3) is 0 Å². The summed E-state index contributed by atoms with van der Waals surface area (Å²) in [6.45, 7) is 10.8. The highest BCUT2D eigenvalue weighted by Gasteiger charge is 2.51. The standard InChI is InChI=1S/C24H34BNO5S/c1-7-8-17-26(18-19-9-13-21(29-6)14-10-19)32(27,28)22-15-11-20(12-16-22)25-30-23(2,3)24(4,5)31-25/h9-16H,7-8,17-18H2,1-6H3. The summed E-state index contributed by atoms with van der Waals surface area (Å²) in [6, 6.07) is 14.3. The fourth-order valence-electron chi connectivity index (χ4n) is 3.48. The van der Waals surface area contributed by atoms with Gasteiger partial charge in [-0.3, -0.25) is 0 Å². The molecule has 2 aromatic carbocycles. The van der Waals surface area contributed by atoms with E-state index in [2.05, 4.69) is 6.92 Å². The molecular weight excluding hydrogens is 425 g/mol. The van der Waals surface area contributed by atoms with Crippen molar-refractivity contribution in [2.75, 3.05) is 13.7 Å². The Morgan fingerprint density at radius 3 is 2.00 bits per heavy atom. The highest BCUT2D eigenvalue weighted by Crippen LogP contribution is 2.36. The van der Waals surface area contributed by atoms with Crippen LogP contribution in [0.2, 0.25) is 0 Å². The number of nitrogens with zero attached hydrogens (tertiary/aromatic N) is 1. The molecule has 1 saturated heterocycles. The van der Waals surface area contributed by atoms with Gasteiger partial charge in [-0.1, -0.05) is 37.6 Å². The highest BCUT2D eigenvalue weighted by atomic mass is 32.2. The van der Waals surface area contributed by atoms with Crippen molar-refractivity contribution < 1.29 is 22.5 Å². The van der Waals surface area contributed by atoms with Crippen molar-refractivity contribution in [3.05, 3.63) is 54.1 Å². The predicted molar refractivity (Wildman–Crippen MR) is 128 cm³/mol. The average molecular weight is 459 g/mol. The second kappa shape index (κ2) is 9.55.